The second kappa shape index (κ2) is 10.5. The van der Waals surface area contributed by atoms with Crippen molar-refractivity contribution in [3.63, 3.8) is 0 Å². The number of ether oxygens (including phenoxy) is 1. The minimum Gasteiger partial charge on any atom is -0.456 e. The predicted molar refractivity (Wildman–Crippen MR) is 151 cm³/mol. The standard InChI is InChI=1S/C29H33N5O2S/c1-19-14-20(15-28(35)32-22-17-31-34(18-22)29(2,3)4)8-11-26(19)36-27-12-13-30-25-10-9-21(16-24(25)27)33-37-23-6-5-7-23/h8-14,16-18,23,33H,5-7,15H2,1-4H3,(H,32,35). The lowest BCUT2D eigenvalue weighted by Gasteiger charge is -2.24. The van der Waals surface area contributed by atoms with Crippen molar-refractivity contribution in [2.75, 3.05) is 10.0 Å². The van der Waals surface area contributed by atoms with E-state index in [2.05, 4.69) is 53.0 Å². The van der Waals surface area contributed by atoms with Crippen LogP contribution >= 0.6 is 11.9 Å². The Morgan fingerprint density at radius 2 is 1.95 bits per heavy atom. The summed E-state index contributed by atoms with van der Waals surface area (Å²) in [5.41, 5.74) is 4.38. The molecule has 0 radical (unpaired) electrons. The molecule has 1 aliphatic rings. The molecule has 2 aromatic heterocycles. The summed E-state index contributed by atoms with van der Waals surface area (Å²) >= 11 is 1.80. The molecule has 0 bridgehead atoms. The number of aromatic nitrogens is 3. The Labute approximate surface area is 222 Å². The van der Waals surface area contributed by atoms with Crippen LogP contribution in [0.4, 0.5) is 11.4 Å². The van der Waals surface area contributed by atoms with E-state index in [9.17, 15) is 4.79 Å². The van der Waals surface area contributed by atoms with Crippen molar-refractivity contribution in [1.29, 1.82) is 0 Å². The first-order valence-corrected chi connectivity index (χ1v) is 13.6. The van der Waals surface area contributed by atoms with Gasteiger partial charge in [-0.2, -0.15) is 5.10 Å². The number of nitrogens with one attached hydrogen (secondary N) is 2. The number of anilines is 2. The highest BCUT2D eigenvalue weighted by atomic mass is 32.2. The molecule has 37 heavy (non-hydrogen) atoms. The molecule has 2 aromatic carbocycles. The van der Waals surface area contributed by atoms with Gasteiger partial charge in [0.25, 0.3) is 0 Å². The molecule has 5 rings (SSSR count). The third-order valence-corrected chi connectivity index (χ3v) is 7.63. The first kappa shape index (κ1) is 25.1. The van der Waals surface area contributed by atoms with E-state index >= 15 is 0 Å². The summed E-state index contributed by atoms with van der Waals surface area (Å²) in [6, 6.07) is 13.9. The minimum atomic E-state index is -0.136. The normalized spacial score (nSPS) is 13.8. The summed E-state index contributed by atoms with van der Waals surface area (Å²) < 4.78 is 11.7. The molecule has 0 aliphatic heterocycles. The zero-order chi connectivity index (χ0) is 26.0. The van der Waals surface area contributed by atoms with Gasteiger partial charge in [0.2, 0.25) is 5.91 Å². The highest BCUT2D eigenvalue weighted by Gasteiger charge is 2.18. The van der Waals surface area contributed by atoms with E-state index in [1.807, 2.05) is 48.1 Å². The van der Waals surface area contributed by atoms with Crippen LogP contribution < -0.4 is 14.8 Å². The molecule has 1 saturated carbocycles. The van der Waals surface area contributed by atoms with Crippen molar-refractivity contribution >= 4 is 40.1 Å². The summed E-state index contributed by atoms with van der Waals surface area (Å²) in [7, 11) is 0. The van der Waals surface area contributed by atoms with Gasteiger partial charge in [-0.15, -0.1) is 0 Å². The summed E-state index contributed by atoms with van der Waals surface area (Å²) in [4.78, 5) is 17.1. The van der Waals surface area contributed by atoms with Crippen LogP contribution in [0.3, 0.4) is 0 Å². The van der Waals surface area contributed by atoms with Gasteiger partial charge in [-0.1, -0.05) is 18.6 Å². The topological polar surface area (TPSA) is 81.1 Å². The van der Waals surface area contributed by atoms with Gasteiger partial charge in [-0.3, -0.25) is 14.5 Å². The number of hydrogen-bond donors (Lipinski definition) is 2. The minimum absolute atomic E-state index is 0.0820. The number of carbonyl (C=O) groups is 1. The van der Waals surface area contributed by atoms with E-state index in [0.29, 0.717) is 10.9 Å². The fraction of sp³-hybridized carbons (Fsp3) is 0.345. The van der Waals surface area contributed by atoms with Gasteiger partial charge in [0, 0.05) is 28.7 Å². The van der Waals surface area contributed by atoms with Gasteiger partial charge in [-0.05, 0) is 93.9 Å². The molecular formula is C29H33N5O2S. The second-order valence-electron chi connectivity index (χ2n) is 10.6. The van der Waals surface area contributed by atoms with Crippen LogP contribution in [0, 0.1) is 6.92 Å². The molecule has 0 unspecified atom stereocenters. The van der Waals surface area contributed by atoms with Crippen molar-refractivity contribution in [3.8, 4) is 11.5 Å². The van der Waals surface area contributed by atoms with E-state index in [1.165, 1.54) is 19.3 Å². The van der Waals surface area contributed by atoms with Crippen LogP contribution in [-0.2, 0) is 16.8 Å². The smallest absolute Gasteiger partial charge is 0.228 e. The molecule has 1 aliphatic carbocycles. The molecular weight excluding hydrogens is 482 g/mol. The number of amides is 1. The summed E-state index contributed by atoms with van der Waals surface area (Å²) in [5.74, 6) is 1.43. The lowest BCUT2D eigenvalue weighted by molar-refractivity contribution is -0.115. The Kier molecular flexibility index (Phi) is 7.11. The van der Waals surface area contributed by atoms with Crippen LogP contribution in [0.2, 0.25) is 0 Å². The molecule has 8 heteroatoms. The van der Waals surface area contributed by atoms with Crippen molar-refractivity contribution in [3.05, 3.63) is 72.2 Å². The van der Waals surface area contributed by atoms with Gasteiger partial charge >= 0.3 is 0 Å². The number of benzene rings is 2. The quantitative estimate of drug-likeness (QED) is 0.244. The van der Waals surface area contributed by atoms with Gasteiger partial charge in [0.05, 0.1) is 29.4 Å². The molecule has 192 valence electrons. The van der Waals surface area contributed by atoms with Gasteiger partial charge in [-0.25, -0.2) is 0 Å². The molecule has 7 nitrogen and oxygen atoms in total. The predicted octanol–water partition coefficient (Wildman–Crippen LogP) is 7.08. The van der Waals surface area contributed by atoms with Crippen molar-refractivity contribution < 1.29 is 9.53 Å². The average molecular weight is 516 g/mol. The molecule has 2 heterocycles. The summed E-state index contributed by atoms with van der Waals surface area (Å²) in [6.07, 6.45) is 9.45. The lowest BCUT2D eigenvalue weighted by atomic mass is 10.0. The van der Waals surface area contributed by atoms with E-state index in [1.54, 1.807) is 24.3 Å². The number of aryl methyl sites for hydroxylation is 1. The van der Waals surface area contributed by atoms with Gasteiger partial charge < -0.3 is 14.8 Å². The van der Waals surface area contributed by atoms with E-state index in [-0.39, 0.29) is 17.9 Å². The number of carbonyl (C=O) groups excluding carboxylic acids is 1. The van der Waals surface area contributed by atoms with Crippen LogP contribution in [0.1, 0.15) is 51.2 Å². The number of pyridine rings is 1. The number of rotatable bonds is 8. The number of hydrogen-bond acceptors (Lipinski definition) is 6. The Balaban J connectivity index is 1.26. The first-order chi connectivity index (χ1) is 17.7. The maximum Gasteiger partial charge on any atom is 0.228 e. The van der Waals surface area contributed by atoms with Crippen LogP contribution in [0.25, 0.3) is 10.9 Å². The fourth-order valence-corrected chi connectivity index (χ4v) is 5.11. The van der Waals surface area contributed by atoms with E-state index in [4.69, 9.17) is 4.74 Å². The molecule has 2 N–H and O–H groups in total. The monoisotopic (exact) mass is 515 g/mol. The van der Waals surface area contributed by atoms with Crippen LogP contribution in [-0.4, -0.2) is 25.9 Å². The second-order valence-corrected chi connectivity index (χ2v) is 11.7. The third-order valence-electron chi connectivity index (χ3n) is 6.47. The highest BCUT2D eigenvalue weighted by Crippen LogP contribution is 2.35. The van der Waals surface area contributed by atoms with E-state index < -0.39 is 0 Å². The van der Waals surface area contributed by atoms with Gasteiger partial charge in [0.15, 0.2) is 0 Å². The van der Waals surface area contributed by atoms with Gasteiger partial charge in [0.1, 0.15) is 11.5 Å². The lowest BCUT2D eigenvalue weighted by Crippen LogP contribution is -2.22. The molecule has 1 amide bonds. The molecule has 1 fully saturated rings. The summed E-state index contributed by atoms with van der Waals surface area (Å²) in [6.45, 7) is 8.20. The van der Waals surface area contributed by atoms with Crippen molar-refractivity contribution in [1.82, 2.24) is 14.8 Å². The SMILES string of the molecule is Cc1cc(CC(=O)Nc2cnn(C(C)(C)C)c2)ccc1Oc1ccnc2ccc(NSC3CCC3)cc12. The van der Waals surface area contributed by atoms with E-state index in [0.717, 1.165) is 39.2 Å². The zero-order valence-electron chi connectivity index (χ0n) is 21.7. The van der Waals surface area contributed by atoms with Crippen LogP contribution in [0.15, 0.2) is 61.1 Å². The Morgan fingerprint density at radius 3 is 2.65 bits per heavy atom. The Bertz CT molecular complexity index is 1420. The number of fused-ring (bicyclic) bond motifs is 1. The van der Waals surface area contributed by atoms with Crippen molar-refractivity contribution in [2.24, 2.45) is 0 Å². The number of nitrogens with zero attached hydrogens (tertiary/aromatic N) is 3. The van der Waals surface area contributed by atoms with Crippen molar-refractivity contribution in [2.45, 2.75) is 64.2 Å². The first-order valence-electron chi connectivity index (χ1n) is 12.7. The maximum atomic E-state index is 12.6. The molecule has 4 aromatic rings. The maximum absolute atomic E-state index is 12.6. The molecule has 0 spiro atoms. The highest BCUT2D eigenvalue weighted by molar-refractivity contribution is 8.01. The molecule has 0 saturated heterocycles. The Hall–Kier alpha value is -3.52. The fourth-order valence-electron chi connectivity index (χ4n) is 4.11. The zero-order valence-corrected chi connectivity index (χ0v) is 22.6. The Morgan fingerprint density at radius 1 is 1.11 bits per heavy atom. The van der Waals surface area contributed by atoms with Crippen LogP contribution in [0.5, 0.6) is 11.5 Å². The third kappa shape index (κ3) is 6.07. The largest absolute Gasteiger partial charge is 0.456 e. The summed E-state index contributed by atoms with van der Waals surface area (Å²) in [5, 5.41) is 8.94. The average Bonchev–Trinajstić information content (AvgIpc) is 3.29. The molecule has 0 atom stereocenters.